The Morgan fingerprint density at radius 3 is 2.85 bits per heavy atom. The topological polar surface area (TPSA) is 36.4 Å². The molecule has 0 radical (unpaired) electrons. The van der Waals surface area contributed by atoms with Crippen molar-refractivity contribution in [1.29, 1.82) is 0 Å². The lowest BCUT2D eigenvalue weighted by molar-refractivity contribution is 0.0598. The highest BCUT2D eigenvalue weighted by Gasteiger charge is 2.42. The highest BCUT2D eigenvalue weighted by molar-refractivity contribution is 7.17. The Labute approximate surface area is 163 Å². The molecule has 2 aromatic heterocycles. The van der Waals surface area contributed by atoms with E-state index < -0.39 is 0 Å². The molecule has 138 valence electrons. The van der Waals surface area contributed by atoms with Crippen molar-refractivity contribution >= 4 is 27.5 Å². The van der Waals surface area contributed by atoms with Gasteiger partial charge in [-0.05, 0) is 61.6 Å². The van der Waals surface area contributed by atoms with Gasteiger partial charge in [-0.1, -0.05) is 24.3 Å². The van der Waals surface area contributed by atoms with Crippen LogP contribution in [0.1, 0.15) is 34.3 Å². The number of fused-ring (bicyclic) bond motifs is 3. The Morgan fingerprint density at radius 1 is 1.19 bits per heavy atom. The first kappa shape index (κ1) is 16.9. The number of hydrogen-bond acceptors (Lipinski definition) is 4. The molecule has 2 aliphatic rings. The molecule has 5 rings (SSSR count). The van der Waals surface area contributed by atoms with Gasteiger partial charge in [-0.15, -0.1) is 11.3 Å². The van der Waals surface area contributed by atoms with Crippen molar-refractivity contribution in [3.63, 3.8) is 0 Å². The normalized spacial score (nSPS) is 19.4. The van der Waals surface area contributed by atoms with Gasteiger partial charge in [0.25, 0.3) is 5.91 Å². The van der Waals surface area contributed by atoms with Crippen LogP contribution in [0.4, 0.5) is 0 Å². The minimum Gasteiger partial charge on any atom is -0.333 e. The van der Waals surface area contributed by atoms with Gasteiger partial charge in [0.2, 0.25) is 0 Å². The average Bonchev–Trinajstić information content (AvgIpc) is 3.17. The van der Waals surface area contributed by atoms with Gasteiger partial charge in [-0.3, -0.25) is 9.78 Å². The third kappa shape index (κ3) is 2.86. The summed E-state index contributed by atoms with van der Waals surface area (Å²) in [6.45, 7) is 3.66. The van der Waals surface area contributed by atoms with Gasteiger partial charge in [0, 0.05) is 24.7 Å². The quantitative estimate of drug-likeness (QED) is 0.645. The second-order valence-corrected chi connectivity index (χ2v) is 8.88. The zero-order chi connectivity index (χ0) is 18.4. The molecule has 0 bridgehead atoms. The van der Waals surface area contributed by atoms with E-state index >= 15 is 0 Å². The predicted octanol–water partition coefficient (Wildman–Crippen LogP) is 3.92. The summed E-state index contributed by atoms with van der Waals surface area (Å²) < 4.78 is 1.08. The minimum absolute atomic E-state index is 0.0808. The Hall–Kier alpha value is -2.24. The van der Waals surface area contributed by atoms with Gasteiger partial charge in [-0.2, -0.15) is 0 Å². The van der Waals surface area contributed by atoms with E-state index in [1.54, 1.807) is 17.5 Å². The van der Waals surface area contributed by atoms with Crippen molar-refractivity contribution in [3.05, 3.63) is 64.7 Å². The summed E-state index contributed by atoms with van der Waals surface area (Å²) in [4.78, 5) is 22.3. The lowest BCUT2D eigenvalue weighted by Gasteiger charge is -2.48. The minimum atomic E-state index is 0.0808. The Kier molecular flexibility index (Phi) is 4.02. The molecule has 1 fully saturated rings. The number of pyridine rings is 1. The molecule has 1 amide bonds. The van der Waals surface area contributed by atoms with Crippen LogP contribution in [-0.2, 0) is 12.0 Å². The summed E-state index contributed by atoms with van der Waals surface area (Å²) in [7, 11) is 2.19. The van der Waals surface area contributed by atoms with Crippen molar-refractivity contribution in [1.82, 2.24) is 14.8 Å². The van der Waals surface area contributed by atoms with Gasteiger partial charge in [-0.25, -0.2) is 0 Å². The Morgan fingerprint density at radius 2 is 2.00 bits per heavy atom. The van der Waals surface area contributed by atoms with Crippen LogP contribution in [0.15, 0.2) is 48.0 Å². The lowest BCUT2D eigenvalue weighted by Crippen LogP contribution is -2.52. The van der Waals surface area contributed by atoms with E-state index in [2.05, 4.69) is 41.2 Å². The number of nitrogens with zero attached hydrogens (tertiary/aromatic N) is 3. The monoisotopic (exact) mass is 377 g/mol. The second kappa shape index (κ2) is 6.43. The van der Waals surface area contributed by atoms with Crippen LogP contribution in [-0.4, -0.2) is 47.4 Å². The molecule has 2 aliphatic heterocycles. The molecule has 3 aromatic rings. The number of piperidine rings is 1. The van der Waals surface area contributed by atoms with Crippen molar-refractivity contribution in [2.24, 2.45) is 0 Å². The van der Waals surface area contributed by atoms with E-state index in [1.165, 1.54) is 11.1 Å². The number of thiophene rings is 1. The smallest absolute Gasteiger partial charge is 0.255 e. The zero-order valence-corrected chi connectivity index (χ0v) is 16.3. The van der Waals surface area contributed by atoms with Crippen LogP contribution in [0.5, 0.6) is 0 Å². The lowest BCUT2D eigenvalue weighted by atomic mass is 9.69. The number of likely N-dealkylation sites (tertiary alicyclic amines) is 1. The van der Waals surface area contributed by atoms with E-state index in [1.807, 2.05) is 22.4 Å². The van der Waals surface area contributed by atoms with E-state index in [9.17, 15) is 4.79 Å². The molecule has 0 unspecified atom stereocenters. The van der Waals surface area contributed by atoms with Crippen LogP contribution in [0.2, 0.25) is 0 Å². The standard InChI is InChI=1S/C22H23N3OS/c1-24-9-7-22(8-10-24)15-25(14-16-4-2-3-5-18(16)22)21(26)17-12-20-19(23-13-17)6-11-27-20/h2-6,11-13H,7-10,14-15H2,1H3. The first-order valence-electron chi connectivity index (χ1n) is 9.54. The molecule has 0 aliphatic carbocycles. The van der Waals surface area contributed by atoms with Crippen LogP contribution >= 0.6 is 11.3 Å². The predicted molar refractivity (Wildman–Crippen MR) is 109 cm³/mol. The Bertz CT molecular complexity index is 1000. The molecule has 27 heavy (non-hydrogen) atoms. The van der Waals surface area contributed by atoms with Gasteiger partial charge < -0.3 is 9.80 Å². The molecule has 1 saturated heterocycles. The molecule has 0 saturated carbocycles. The fourth-order valence-electron chi connectivity index (χ4n) is 4.65. The zero-order valence-electron chi connectivity index (χ0n) is 15.5. The second-order valence-electron chi connectivity index (χ2n) is 7.93. The summed E-state index contributed by atoms with van der Waals surface area (Å²) in [6.07, 6.45) is 3.94. The van der Waals surface area contributed by atoms with Gasteiger partial charge >= 0.3 is 0 Å². The summed E-state index contributed by atoms with van der Waals surface area (Å²) >= 11 is 1.64. The molecule has 0 atom stereocenters. The SMILES string of the molecule is CN1CCC2(CC1)CN(C(=O)c1cnc3ccsc3c1)Cc1ccccc12. The molecular weight excluding hydrogens is 354 g/mol. The summed E-state index contributed by atoms with van der Waals surface area (Å²) in [5.41, 5.74) is 4.50. The van der Waals surface area contributed by atoms with Crippen molar-refractivity contribution < 1.29 is 4.79 Å². The van der Waals surface area contributed by atoms with Gasteiger partial charge in [0.1, 0.15) is 0 Å². The first-order chi connectivity index (χ1) is 13.1. The highest BCUT2D eigenvalue weighted by atomic mass is 32.1. The number of benzene rings is 1. The van der Waals surface area contributed by atoms with Crippen LogP contribution in [0.3, 0.4) is 0 Å². The number of carbonyl (C=O) groups excluding carboxylic acids is 1. The number of aromatic nitrogens is 1. The van der Waals surface area contributed by atoms with E-state index in [0.717, 1.165) is 42.7 Å². The fraction of sp³-hybridized carbons (Fsp3) is 0.364. The molecule has 4 heterocycles. The van der Waals surface area contributed by atoms with Crippen molar-refractivity contribution in [2.75, 3.05) is 26.7 Å². The average molecular weight is 378 g/mol. The fourth-order valence-corrected chi connectivity index (χ4v) is 5.43. The van der Waals surface area contributed by atoms with Crippen LogP contribution < -0.4 is 0 Å². The van der Waals surface area contributed by atoms with E-state index in [0.29, 0.717) is 12.1 Å². The Balaban J connectivity index is 1.51. The summed E-state index contributed by atoms with van der Waals surface area (Å²) in [5.74, 6) is 0.102. The number of amides is 1. The van der Waals surface area contributed by atoms with Crippen LogP contribution in [0, 0.1) is 0 Å². The highest BCUT2D eigenvalue weighted by Crippen LogP contribution is 2.42. The molecule has 4 nitrogen and oxygen atoms in total. The maximum absolute atomic E-state index is 13.3. The molecule has 1 aromatic carbocycles. The number of rotatable bonds is 1. The number of hydrogen-bond donors (Lipinski definition) is 0. The third-order valence-electron chi connectivity index (χ3n) is 6.22. The van der Waals surface area contributed by atoms with Gasteiger partial charge in [0.05, 0.1) is 15.8 Å². The largest absolute Gasteiger partial charge is 0.333 e. The van der Waals surface area contributed by atoms with Gasteiger partial charge in [0.15, 0.2) is 0 Å². The summed E-state index contributed by atoms with van der Waals surface area (Å²) in [6, 6.07) is 12.7. The van der Waals surface area contributed by atoms with Crippen LogP contribution in [0.25, 0.3) is 10.2 Å². The van der Waals surface area contributed by atoms with E-state index in [4.69, 9.17) is 0 Å². The third-order valence-corrected chi connectivity index (χ3v) is 7.08. The first-order valence-corrected chi connectivity index (χ1v) is 10.4. The molecule has 1 spiro atoms. The molecule has 0 N–H and O–H groups in total. The maximum atomic E-state index is 13.3. The van der Waals surface area contributed by atoms with E-state index in [-0.39, 0.29) is 11.3 Å². The molecular formula is C22H23N3OS. The number of carbonyl (C=O) groups is 1. The van der Waals surface area contributed by atoms with Crippen molar-refractivity contribution in [3.8, 4) is 0 Å². The van der Waals surface area contributed by atoms with Crippen molar-refractivity contribution in [2.45, 2.75) is 24.8 Å². The maximum Gasteiger partial charge on any atom is 0.255 e. The molecule has 5 heteroatoms. The summed E-state index contributed by atoms with van der Waals surface area (Å²) in [5, 5.41) is 2.02.